The van der Waals surface area contributed by atoms with Gasteiger partial charge in [-0.15, -0.1) is 0 Å². The largest absolute Gasteiger partial charge is 0.350 e. The standard InChI is InChI=1S/C30H46N2O2/c1-28-9-4-5-22(28)21-6-7-25-29(2,23(21)8-10-28)24(14-26(33)32(25)3)27(34)31-30-15-18-11-19(16-30)13-20(12-18)17-30/h18-25H,4-17H2,1-3H3,(H,31,34)/t18?,19?,20?,21-,22-,23-,24?,25+,28-,29-,30?/m0/s1. The lowest BCUT2D eigenvalue weighted by Crippen LogP contribution is -2.68. The Bertz CT molecular complexity index is 863. The van der Waals surface area contributed by atoms with Gasteiger partial charge in [-0.3, -0.25) is 9.59 Å². The molecule has 7 aliphatic carbocycles. The molecule has 0 aromatic rings. The molecule has 1 unspecified atom stereocenters. The summed E-state index contributed by atoms with van der Waals surface area (Å²) in [6.45, 7) is 5.00. The zero-order valence-corrected chi connectivity index (χ0v) is 21.8. The van der Waals surface area contributed by atoms with Crippen LogP contribution in [-0.2, 0) is 9.59 Å². The molecule has 1 aliphatic heterocycles. The fourth-order valence-electron chi connectivity index (χ4n) is 12.2. The van der Waals surface area contributed by atoms with Gasteiger partial charge in [-0.2, -0.15) is 0 Å². The maximum atomic E-state index is 14.3. The SMILES string of the molecule is CN1C(=O)CC(C(=O)NC23CC4CC(CC(C4)C2)C3)[C@]2(C)[C@H]3CC[C@]4(C)CCC[C@H]4[C@@H]3CC[C@@H]12. The molecular formula is C30H46N2O2. The van der Waals surface area contributed by atoms with E-state index >= 15 is 0 Å². The van der Waals surface area contributed by atoms with Crippen LogP contribution in [0.2, 0.25) is 0 Å². The van der Waals surface area contributed by atoms with E-state index in [1.807, 2.05) is 7.05 Å². The molecule has 0 radical (unpaired) electrons. The van der Waals surface area contributed by atoms with Crippen molar-refractivity contribution in [2.75, 3.05) is 7.05 Å². The molecule has 34 heavy (non-hydrogen) atoms. The summed E-state index contributed by atoms with van der Waals surface area (Å²) >= 11 is 0. The van der Waals surface area contributed by atoms with E-state index in [0.717, 1.165) is 36.0 Å². The second-order valence-electron chi connectivity index (χ2n) is 14.9. The normalized spacial score (nSPS) is 55.5. The van der Waals surface area contributed by atoms with Crippen molar-refractivity contribution in [1.29, 1.82) is 0 Å². The Labute approximate surface area is 206 Å². The molecule has 8 rings (SSSR count). The van der Waals surface area contributed by atoms with E-state index < -0.39 is 0 Å². The Kier molecular flexibility index (Phi) is 4.73. The van der Waals surface area contributed by atoms with Crippen LogP contribution in [0.5, 0.6) is 0 Å². The number of nitrogens with zero attached hydrogens (tertiary/aromatic N) is 1. The van der Waals surface area contributed by atoms with Gasteiger partial charge in [0.2, 0.25) is 11.8 Å². The molecule has 2 amide bonds. The molecular weight excluding hydrogens is 420 g/mol. The zero-order chi connectivity index (χ0) is 23.5. The molecule has 8 fully saturated rings. The number of carbonyl (C=O) groups excluding carboxylic acids is 2. The lowest BCUT2D eigenvalue weighted by Gasteiger charge is -2.63. The summed E-state index contributed by atoms with van der Waals surface area (Å²) in [4.78, 5) is 29.6. The molecule has 7 saturated carbocycles. The number of amides is 2. The number of hydrogen-bond donors (Lipinski definition) is 1. The van der Waals surface area contributed by atoms with Gasteiger partial charge in [-0.1, -0.05) is 20.3 Å². The zero-order valence-electron chi connectivity index (χ0n) is 21.8. The van der Waals surface area contributed by atoms with E-state index in [4.69, 9.17) is 0 Å². The summed E-state index contributed by atoms with van der Waals surface area (Å²) in [5.74, 6) is 4.95. The number of fused-ring (bicyclic) bond motifs is 5. The van der Waals surface area contributed by atoms with E-state index in [-0.39, 0.29) is 34.7 Å². The summed E-state index contributed by atoms with van der Waals surface area (Å²) in [5, 5.41) is 3.73. The van der Waals surface area contributed by atoms with E-state index in [1.54, 1.807) is 0 Å². The molecule has 4 nitrogen and oxygen atoms in total. The molecule has 1 heterocycles. The van der Waals surface area contributed by atoms with Gasteiger partial charge in [0.1, 0.15) is 0 Å². The molecule has 1 saturated heterocycles. The maximum Gasteiger partial charge on any atom is 0.224 e. The highest BCUT2D eigenvalue weighted by Crippen LogP contribution is 2.66. The predicted molar refractivity (Wildman–Crippen MR) is 133 cm³/mol. The van der Waals surface area contributed by atoms with Gasteiger partial charge < -0.3 is 10.2 Å². The van der Waals surface area contributed by atoms with Crippen LogP contribution in [0.15, 0.2) is 0 Å². The third-order valence-corrected chi connectivity index (χ3v) is 13.2. The second-order valence-corrected chi connectivity index (χ2v) is 14.9. The highest BCUT2D eigenvalue weighted by Gasteiger charge is 2.64. The van der Waals surface area contributed by atoms with Crippen molar-refractivity contribution in [2.45, 2.75) is 115 Å². The molecule has 7 atom stereocenters. The smallest absolute Gasteiger partial charge is 0.224 e. The van der Waals surface area contributed by atoms with Gasteiger partial charge in [0, 0.05) is 30.5 Å². The number of carbonyl (C=O) groups is 2. The third kappa shape index (κ3) is 2.95. The molecule has 188 valence electrons. The Hall–Kier alpha value is -1.06. The van der Waals surface area contributed by atoms with E-state index in [2.05, 4.69) is 24.1 Å². The minimum Gasteiger partial charge on any atom is -0.350 e. The molecule has 8 aliphatic rings. The van der Waals surface area contributed by atoms with Crippen LogP contribution < -0.4 is 5.32 Å². The Morgan fingerprint density at radius 3 is 2.26 bits per heavy atom. The van der Waals surface area contributed by atoms with Crippen LogP contribution in [0, 0.1) is 52.3 Å². The van der Waals surface area contributed by atoms with Crippen LogP contribution in [0.25, 0.3) is 0 Å². The minimum absolute atomic E-state index is 0.0365. The minimum atomic E-state index is -0.146. The third-order valence-electron chi connectivity index (χ3n) is 13.2. The summed E-state index contributed by atoms with van der Waals surface area (Å²) in [6.07, 6.45) is 17.3. The topological polar surface area (TPSA) is 49.4 Å². The predicted octanol–water partition coefficient (Wildman–Crippen LogP) is 5.55. The fourth-order valence-corrected chi connectivity index (χ4v) is 12.2. The average Bonchev–Trinajstić information content (AvgIpc) is 3.17. The van der Waals surface area contributed by atoms with Crippen molar-refractivity contribution >= 4 is 11.8 Å². The van der Waals surface area contributed by atoms with Crippen LogP contribution in [0.4, 0.5) is 0 Å². The quantitative estimate of drug-likeness (QED) is 0.580. The molecule has 4 bridgehead atoms. The van der Waals surface area contributed by atoms with Crippen molar-refractivity contribution in [3.8, 4) is 0 Å². The summed E-state index contributed by atoms with van der Waals surface area (Å²) in [7, 11) is 2.03. The Morgan fingerprint density at radius 1 is 0.912 bits per heavy atom. The van der Waals surface area contributed by atoms with Crippen LogP contribution in [-0.4, -0.2) is 35.3 Å². The molecule has 4 heteroatoms. The highest BCUT2D eigenvalue weighted by molar-refractivity contribution is 5.88. The van der Waals surface area contributed by atoms with Crippen molar-refractivity contribution in [2.24, 2.45) is 52.3 Å². The summed E-state index contributed by atoms with van der Waals surface area (Å²) < 4.78 is 0. The maximum absolute atomic E-state index is 14.3. The number of nitrogens with one attached hydrogen (secondary N) is 1. The lowest BCUT2D eigenvalue weighted by atomic mass is 9.45. The second kappa shape index (κ2) is 7.25. The first-order valence-corrected chi connectivity index (χ1v) is 14.8. The molecule has 0 aromatic heterocycles. The van der Waals surface area contributed by atoms with Crippen LogP contribution in [0.1, 0.15) is 104 Å². The monoisotopic (exact) mass is 466 g/mol. The Morgan fingerprint density at radius 2 is 1.59 bits per heavy atom. The first-order valence-electron chi connectivity index (χ1n) is 14.8. The summed E-state index contributed by atoms with van der Waals surface area (Å²) in [5.41, 5.74) is 0.480. The first-order chi connectivity index (χ1) is 16.2. The highest BCUT2D eigenvalue weighted by atomic mass is 16.2. The first kappa shape index (κ1) is 22.2. The van der Waals surface area contributed by atoms with Gasteiger partial charge in [0.05, 0.1) is 5.92 Å². The molecule has 0 spiro atoms. The number of likely N-dealkylation sites (tertiary alicyclic amines) is 1. The molecule has 0 aromatic carbocycles. The van der Waals surface area contributed by atoms with Crippen LogP contribution >= 0.6 is 0 Å². The number of piperidine rings is 1. The van der Waals surface area contributed by atoms with Gasteiger partial charge in [-0.05, 0) is 118 Å². The number of rotatable bonds is 2. The van der Waals surface area contributed by atoms with Crippen molar-refractivity contribution in [3.05, 3.63) is 0 Å². The van der Waals surface area contributed by atoms with Gasteiger partial charge >= 0.3 is 0 Å². The van der Waals surface area contributed by atoms with Crippen LogP contribution in [0.3, 0.4) is 0 Å². The molecule has 1 N–H and O–H groups in total. The Balaban J connectivity index is 1.20. The lowest BCUT2D eigenvalue weighted by molar-refractivity contribution is -0.178. The van der Waals surface area contributed by atoms with E-state index in [1.165, 1.54) is 77.0 Å². The van der Waals surface area contributed by atoms with Crippen molar-refractivity contribution in [1.82, 2.24) is 10.2 Å². The van der Waals surface area contributed by atoms with Crippen molar-refractivity contribution < 1.29 is 9.59 Å². The summed E-state index contributed by atoms with van der Waals surface area (Å²) in [6, 6.07) is 0.230. The fraction of sp³-hybridized carbons (Fsp3) is 0.933. The number of hydrogen-bond acceptors (Lipinski definition) is 2. The average molecular weight is 467 g/mol. The van der Waals surface area contributed by atoms with Gasteiger partial charge in [-0.25, -0.2) is 0 Å². The van der Waals surface area contributed by atoms with E-state index in [0.29, 0.717) is 17.8 Å². The van der Waals surface area contributed by atoms with E-state index in [9.17, 15) is 9.59 Å². The van der Waals surface area contributed by atoms with Gasteiger partial charge in [0.25, 0.3) is 0 Å². The van der Waals surface area contributed by atoms with Gasteiger partial charge in [0.15, 0.2) is 0 Å². The van der Waals surface area contributed by atoms with Crippen molar-refractivity contribution in [3.63, 3.8) is 0 Å².